The third kappa shape index (κ3) is 1.98. The number of fused-ring (bicyclic) bond motifs is 1. The molecule has 0 bridgehead atoms. The Bertz CT molecular complexity index is 608. The van der Waals surface area contributed by atoms with Gasteiger partial charge in [-0.15, -0.1) is 0 Å². The van der Waals surface area contributed by atoms with E-state index in [0.29, 0.717) is 27.9 Å². The van der Waals surface area contributed by atoms with Gasteiger partial charge in [-0.1, -0.05) is 24.6 Å². The monoisotopic (exact) mass is 249 g/mol. The van der Waals surface area contributed by atoms with Crippen LogP contribution in [0.2, 0.25) is 5.02 Å². The van der Waals surface area contributed by atoms with Crippen LogP contribution < -0.4 is 0 Å². The van der Waals surface area contributed by atoms with Gasteiger partial charge in [-0.05, 0) is 31.0 Å². The second-order valence-corrected chi connectivity index (χ2v) is 4.31. The van der Waals surface area contributed by atoms with Crippen molar-refractivity contribution in [1.29, 1.82) is 0 Å². The molecule has 0 unspecified atom stereocenters. The van der Waals surface area contributed by atoms with Crippen LogP contribution in [0, 0.1) is 6.92 Å². The van der Waals surface area contributed by atoms with Gasteiger partial charge in [-0.3, -0.25) is 4.98 Å². The molecule has 0 aliphatic rings. The number of aromatic carboxylic acids is 1. The van der Waals surface area contributed by atoms with Crippen molar-refractivity contribution in [3.63, 3.8) is 0 Å². The summed E-state index contributed by atoms with van der Waals surface area (Å²) in [7, 11) is 0. The molecule has 4 heteroatoms. The van der Waals surface area contributed by atoms with E-state index in [-0.39, 0.29) is 0 Å². The minimum atomic E-state index is -0.917. The van der Waals surface area contributed by atoms with Crippen molar-refractivity contribution in [2.24, 2.45) is 0 Å². The van der Waals surface area contributed by atoms with Gasteiger partial charge < -0.3 is 5.11 Å². The molecule has 2 aromatic rings. The number of benzene rings is 1. The lowest BCUT2D eigenvalue weighted by Crippen LogP contribution is -2.07. The molecule has 0 atom stereocenters. The highest BCUT2D eigenvalue weighted by molar-refractivity contribution is 6.31. The van der Waals surface area contributed by atoms with E-state index < -0.39 is 5.97 Å². The molecule has 2 rings (SSSR count). The Morgan fingerprint density at radius 3 is 2.76 bits per heavy atom. The number of halogens is 1. The van der Waals surface area contributed by atoms with Crippen LogP contribution in [-0.4, -0.2) is 16.1 Å². The Balaban J connectivity index is 2.92. The first-order chi connectivity index (χ1) is 8.04. The van der Waals surface area contributed by atoms with E-state index in [9.17, 15) is 9.90 Å². The summed E-state index contributed by atoms with van der Waals surface area (Å²) < 4.78 is 0. The van der Waals surface area contributed by atoms with E-state index in [4.69, 9.17) is 11.6 Å². The third-order valence-electron chi connectivity index (χ3n) is 2.82. The zero-order valence-electron chi connectivity index (χ0n) is 9.62. The molecule has 0 saturated heterocycles. The fraction of sp³-hybridized carbons (Fsp3) is 0.231. The largest absolute Gasteiger partial charge is 0.478 e. The molecule has 0 aliphatic carbocycles. The summed E-state index contributed by atoms with van der Waals surface area (Å²) in [6.45, 7) is 3.75. The minimum Gasteiger partial charge on any atom is -0.478 e. The van der Waals surface area contributed by atoms with Crippen molar-refractivity contribution in [1.82, 2.24) is 4.98 Å². The molecule has 17 heavy (non-hydrogen) atoms. The van der Waals surface area contributed by atoms with E-state index in [1.54, 1.807) is 18.2 Å². The Labute approximate surface area is 104 Å². The Morgan fingerprint density at radius 2 is 2.18 bits per heavy atom. The highest BCUT2D eigenvalue weighted by Crippen LogP contribution is 2.26. The zero-order valence-corrected chi connectivity index (χ0v) is 10.4. The summed E-state index contributed by atoms with van der Waals surface area (Å²) in [5.74, 6) is -0.917. The molecule has 88 valence electrons. The maximum atomic E-state index is 11.4. The summed E-state index contributed by atoms with van der Waals surface area (Å²) in [6.07, 6.45) is 0.652. The maximum absolute atomic E-state index is 11.4. The van der Waals surface area contributed by atoms with Crippen molar-refractivity contribution < 1.29 is 9.90 Å². The van der Waals surface area contributed by atoms with Crippen LogP contribution in [0.15, 0.2) is 18.2 Å². The van der Waals surface area contributed by atoms with E-state index in [1.165, 1.54) is 0 Å². The molecule has 0 fully saturated rings. The fourth-order valence-corrected chi connectivity index (χ4v) is 2.24. The van der Waals surface area contributed by atoms with Crippen LogP contribution in [0.5, 0.6) is 0 Å². The number of pyridine rings is 1. The topological polar surface area (TPSA) is 50.2 Å². The highest BCUT2D eigenvalue weighted by Gasteiger charge is 2.17. The van der Waals surface area contributed by atoms with Gasteiger partial charge in [0, 0.05) is 16.1 Å². The van der Waals surface area contributed by atoms with Gasteiger partial charge in [-0.2, -0.15) is 0 Å². The molecule has 0 radical (unpaired) electrons. The van der Waals surface area contributed by atoms with Crippen LogP contribution in [0.3, 0.4) is 0 Å². The first-order valence-electron chi connectivity index (χ1n) is 5.36. The van der Waals surface area contributed by atoms with Crippen molar-refractivity contribution in [3.05, 3.63) is 40.0 Å². The van der Waals surface area contributed by atoms with E-state index in [2.05, 4.69) is 4.98 Å². The molecule has 0 saturated carbocycles. The van der Waals surface area contributed by atoms with Gasteiger partial charge in [0.05, 0.1) is 11.1 Å². The molecule has 1 aromatic heterocycles. The number of carboxylic acids is 1. The first kappa shape index (κ1) is 11.9. The van der Waals surface area contributed by atoms with Crippen LogP contribution in [0.25, 0.3) is 10.9 Å². The Hall–Kier alpha value is -1.61. The lowest BCUT2D eigenvalue weighted by molar-refractivity contribution is 0.0697. The van der Waals surface area contributed by atoms with E-state index in [0.717, 1.165) is 11.3 Å². The van der Waals surface area contributed by atoms with Gasteiger partial charge >= 0.3 is 5.97 Å². The average Bonchev–Trinajstić information content (AvgIpc) is 2.26. The fourth-order valence-electron chi connectivity index (χ4n) is 2.08. The van der Waals surface area contributed by atoms with Gasteiger partial charge in [0.25, 0.3) is 0 Å². The summed E-state index contributed by atoms with van der Waals surface area (Å²) in [5, 5.41) is 10.5. The van der Waals surface area contributed by atoms with Gasteiger partial charge in [0.2, 0.25) is 0 Å². The molecule has 0 amide bonds. The molecule has 1 heterocycles. The SMILES string of the molecule is CCc1c(C)nc2cc(Cl)ccc2c1C(=O)O. The second-order valence-electron chi connectivity index (χ2n) is 3.87. The summed E-state index contributed by atoms with van der Waals surface area (Å²) in [6, 6.07) is 5.09. The molecular weight excluding hydrogens is 238 g/mol. The molecule has 3 nitrogen and oxygen atoms in total. The number of carbonyl (C=O) groups is 1. The predicted molar refractivity (Wildman–Crippen MR) is 67.8 cm³/mol. The van der Waals surface area contributed by atoms with Crippen LogP contribution in [0.1, 0.15) is 28.5 Å². The predicted octanol–water partition coefficient (Wildman–Crippen LogP) is 3.46. The van der Waals surface area contributed by atoms with Crippen LogP contribution in [0.4, 0.5) is 0 Å². The van der Waals surface area contributed by atoms with Crippen LogP contribution in [-0.2, 0) is 6.42 Å². The van der Waals surface area contributed by atoms with Gasteiger partial charge in [0.1, 0.15) is 0 Å². The second kappa shape index (κ2) is 4.34. The number of aryl methyl sites for hydroxylation is 1. The molecule has 0 spiro atoms. The normalized spacial score (nSPS) is 10.8. The zero-order chi connectivity index (χ0) is 12.6. The lowest BCUT2D eigenvalue weighted by atomic mass is 9.99. The molecular formula is C13H12ClNO2. The number of rotatable bonds is 2. The number of hydrogen-bond acceptors (Lipinski definition) is 2. The van der Waals surface area contributed by atoms with Crippen molar-refractivity contribution in [3.8, 4) is 0 Å². The Morgan fingerprint density at radius 1 is 1.47 bits per heavy atom. The molecule has 1 N–H and O–H groups in total. The average molecular weight is 250 g/mol. The lowest BCUT2D eigenvalue weighted by Gasteiger charge is -2.11. The number of aromatic nitrogens is 1. The van der Waals surface area contributed by atoms with E-state index in [1.807, 2.05) is 13.8 Å². The molecule has 1 aromatic carbocycles. The number of carboxylic acid groups (broad SMARTS) is 1. The smallest absolute Gasteiger partial charge is 0.336 e. The summed E-state index contributed by atoms with van der Waals surface area (Å²) in [4.78, 5) is 15.8. The van der Waals surface area contributed by atoms with Gasteiger partial charge in [0.15, 0.2) is 0 Å². The quantitative estimate of drug-likeness (QED) is 0.887. The highest BCUT2D eigenvalue weighted by atomic mass is 35.5. The third-order valence-corrected chi connectivity index (χ3v) is 3.06. The van der Waals surface area contributed by atoms with Crippen molar-refractivity contribution >= 4 is 28.5 Å². The van der Waals surface area contributed by atoms with Gasteiger partial charge in [-0.25, -0.2) is 4.79 Å². The van der Waals surface area contributed by atoms with Crippen LogP contribution >= 0.6 is 11.6 Å². The standard InChI is InChI=1S/C13H12ClNO2/c1-3-9-7(2)15-11-6-8(14)4-5-10(11)12(9)13(16)17/h4-6H,3H2,1-2H3,(H,16,17). The number of hydrogen-bond donors (Lipinski definition) is 1. The minimum absolute atomic E-state index is 0.340. The first-order valence-corrected chi connectivity index (χ1v) is 5.74. The van der Waals surface area contributed by atoms with Crippen molar-refractivity contribution in [2.45, 2.75) is 20.3 Å². The number of nitrogens with zero attached hydrogens (tertiary/aromatic N) is 1. The maximum Gasteiger partial charge on any atom is 0.336 e. The van der Waals surface area contributed by atoms with Crippen molar-refractivity contribution in [2.75, 3.05) is 0 Å². The Kier molecular flexibility index (Phi) is 3.03. The molecule has 0 aliphatic heterocycles. The summed E-state index contributed by atoms with van der Waals surface area (Å²) >= 11 is 5.89. The summed E-state index contributed by atoms with van der Waals surface area (Å²) in [5.41, 5.74) is 2.50. The van der Waals surface area contributed by atoms with E-state index >= 15 is 0 Å².